The maximum absolute atomic E-state index is 12.6. The maximum Gasteiger partial charge on any atom is 0.484 e. The molecule has 2 heterocycles. The number of hydrogen-bond acceptors (Lipinski definition) is 8. The Hall–Kier alpha value is -2.24. The molecule has 1 fully saturated rings. The Morgan fingerprint density at radius 2 is 1.83 bits per heavy atom. The van der Waals surface area contributed by atoms with Gasteiger partial charge in [-0.3, -0.25) is 4.52 Å². The fourth-order valence-corrected chi connectivity index (χ4v) is 3.94. The van der Waals surface area contributed by atoms with Crippen molar-refractivity contribution in [2.24, 2.45) is 5.18 Å². The van der Waals surface area contributed by atoms with E-state index < -0.39 is 10.0 Å². The summed E-state index contributed by atoms with van der Waals surface area (Å²) in [6.07, 6.45) is 0. The average Bonchev–Trinajstić information content (AvgIpc) is 2.96. The highest BCUT2D eigenvalue weighted by molar-refractivity contribution is 7.89. The molecule has 3 rings (SSSR count). The van der Waals surface area contributed by atoms with Gasteiger partial charge >= 0.3 is 11.7 Å². The number of anilines is 1. The topological polar surface area (TPSA) is 126 Å². The number of piperazine rings is 1. The first kappa shape index (κ1) is 16.6. The highest BCUT2D eigenvalue weighted by Gasteiger charge is 2.34. The van der Waals surface area contributed by atoms with E-state index in [1.54, 1.807) is 5.01 Å². The average molecular weight is 374 g/mol. The Kier molecular flexibility index (Phi) is 4.39. The summed E-state index contributed by atoms with van der Waals surface area (Å²) in [6.45, 7) is 1.02. The summed E-state index contributed by atoms with van der Waals surface area (Å²) in [4.78, 5) is 12.1. The monoisotopic (exact) mass is 373 g/mol. The summed E-state index contributed by atoms with van der Waals surface area (Å²) >= 11 is 5.79. The van der Waals surface area contributed by atoms with Gasteiger partial charge in [0.2, 0.25) is 15.2 Å². The van der Waals surface area contributed by atoms with Crippen LogP contribution in [0.15, 0.2) is 38.9 Å². The summed E-state index contributed by atoms with van der Waals surface area (Å²) in [6, 6.07) is 5.98. The summed E-state index contributed by atoms with van der Waals surface area (Å²) in [5.41, 5.74) is 5.46. The zero-order valence-electron chi connectivity index (χ0n) is 12.4. The van der Waals surface area contributed by atoms with Crippen LogP contribution in [0.5, 0.6) is 0 Å². The molecular formula is C12H14ClN6O4S+. The Morgan fingerprint density at radius 3 is 2.42 bits per heavy atom. The smallest absolute Gasteiger partial charge is 0.360 e. The zero-order valence-corrected chi connectivity index (χ0v) is 13.9. The highest BCUT2D eigenvalue weighted by Crippen LogP contribution is 2.20. The van der Waals surface area contributed by atoms with Crippen LogP contribution in [0.2, 0.25) is 5.02 Å². The van der Waals surface area contributed by atoms with Gasteiger partial charge in [-0.05, 0) is 29.2 Å². The second-order valence-electron chi connectivity index (χ2n) is 5.05. The SMILES string of the molecule is Nc1on[n+](N2CCN(S(=O)(=O)c3ccc(Cl)cc3)CC2)c1N=O. The van der Waals surface area contributed by atoms with Crippen molar-refractivity contribution in [3.8, 4) is 0 Å². The van der Waals surface area contributed by atoms with Crippen molar-refractivity contribution >= 4 is 33.3 Å². The molecule has 1 aromatic carbocycles. The van der Waals surface area contributed by atoms with Crippen LogP contribution in [-0.2, 0) is 10.0 Å². The number of nitrogens with two attached hydrogens (primary N) is 1. The van der Waals surface area contributed by atoms with Crippen molar-refractivity contribution in [3.63, 3.8) is 0 Å². The molecule has 0 unspecified atom stereocenters. The first-order valence-electron chi connectivity index (χ1n) is 6.95. The molecule has 24 heavy (non-hydrogen) atoms. The first-order chi connectivity index (χ1) is 11.4. The fourth-order valence-electron chi connectivity index (χ4n) is 2.39. The van der Waals surface area contributed by atoms with E-state index in [2.05, 4.69) is 10.4 Å². The molecule has 2 N–H and O–H groups in total. The number of sulfonamides is 1. The Balaban J connectivity index is 1.75. The van der Waals surface area contributed by atoms with E-state index in [9.17, 15) is 13.3 Å². The van der Waals surface area contributed by atoms with Crippen LogP contribution < -0.4 is 15.5 Å². The first-order valence-corrected chi connectivity index (χ1v) is 8.77. The summed E-state index contributed by atoms with van der Waals surface area (Å²) in [5.74, 6) is -0.342. The third kappa shape index (κ3) is 2.92. The van der Waals surface area contributed by atoms with Gasteiger partial charge in [0.15, 0.2) is 0 Å². The molecule has 0 amide bonds. The molecule has 2 aromatic rings. The summed E-state index contributed by atoms with van der Waals surface area (Å²) < 4.78 is 31.3. The van der Waals surface area contributed by atoms with E-state index in [4.69, 9.17) is 21.9 Å². The van der Waals surface area contributed by atoms with E-state index in [0.29, 0.717) is 18.1 Å². The molecule has 0 aliphatic carbocycles. The molecule has 1 aliphatic rings. The summed E-state index contributed by atoms with van der Waals surface area (Å²) in [5, 5.41) is 8.50. The van der Waals surface area contributed by atoms with Gasteiger partial charge < -0.3 is 5.73 Å². The normalized spacial score (nSPS) is 16.3. The minimum absolute atomic E-state index is 0.149. The van der Waals surface area contributed by atoms with Gasteiger partial charge in [-0.2, -0.15) is 4.31 Å². The Labute approximate surface area is 142 Å². The highest BCUT2D eigenvalue weighted by atomic mass is 35.5. The van der Waals surface area contributed by atoms with Crippen LogP contribution in [-0.4, -0.2) is 44.2 Å². The van der Waals surface area contributed by atoms with Crippen LogP contribution in [0.1, 0.15) is 0 Å². The number of rotatable bonds is 4. The van der Waals surface area contributed by atoms with Crippen LogP contribution >= 0.6 is 11.6 Å². The van der Waals surface area contributed by atoms with Crippen molar-refractivity contribution in [2.75, 3.05) is 36.9 Å². The maximum atomic E-state index is 12.6. The van der Waals surface area contributed by atoms with Crippen molar-refractivity contribution < 1.29 is 17.7 Å². The predicted octanol–water partition coefficient (Wildman–Crippen LogP) is 0.238. The van der Waals surface area contributed by atoms with E-state index in [0.717, 1.165) is 4.79 Å². The van der Waals surface area contributed by atoms with Crippen LogP contribution in [0.25, 0.3) is 0 Å². The lowest BCUT2D eigenvalue weighted by atomic mass is 10.4. The van der Waals surface area contributed by atoms with Crippen LogP contribution in [0, 0.1) is 4.91 Å². The minimum Gasteiger partial charge on any atom is -0.360 e. The van der Waals surface area contributed by atoms with Gasteiger partial charge in [0.1, 0.15) is 5.27 Å². The second-order valence-corrected chi connectivity index (χ2v) is 7.43. The van der Waals surface area contributed by atoms with Gasteiger partial charge in [0, 0.05) is 22.9 Å². The molecule has 0 bridgehead atoms. The zero-order chi connectivity index (χ0) is 17.3. The van der Waals surface area contributed by atoms with Crippen molar-refractivity contribution in [2.45, 2.75) is 4.90 Å². The minimum atomic E-state index is -3.61. The lowest BCUT2D eigenvalue weighted by Crippen LogP contribution is -2.66. The number of nitroso groups, excluding NO2 is 1. The van der Waals surface area contributed by atoms with Gasteiger partial charge in [-0.15, -0.1) is 0 Å². The largest absolute Gasteiger partial charge is 0.484 e. The molecule has 1 saturated heterocycles. The number of benzene rings is 1. The standard InChI is InChI=1S/C12H13ClN6O4S/c13-9-1-3-10(4-2-9)24(21,22)18-7-5-17(6-8-18)19-12(15-20)11(14)23-16-19/h1-4H,5-8H2,(H-,14,16,20)/p+1. The van der Waals surface area contributed by atoms with Crippen molar-refractivity contribution in [1.82, 2.24) is 9.58 Å². The molecule has 12 heteroatoms. The van der Waals surface area contributed by atoms with Gasteiger partial charge in [-0.1, -0.05) is 11.6 Å². The van der Waals surface area contributed by atoms with E-state index in [1.165, 1.54) is 28.6 Å². The number of nitrogen functional groups attached to an aromatic ring is 1. The van der Waals surface area contributed by atoms with Gasteiger partial charge in [-0.25, -0.2) is 13.4 Å². The predicted molar refractivity (Wildman–Crippen MR) is 84.7 cm³/mol. The van der Waals surface area contributed by atoms with Crippen LogP contribution in [0.4, 0.5) is 11.7 Å². The molecule has 0 saturated carbocycles. The third-order valence-electron chi connectivity index (χ3n) is 3.65. The van der Waals surface area contributed by atoms with Crippen LogP contribution in [0.3, 0.4) is 0 Å². The lowest BCUT2D eigenvalue weighted by molar-refractivity contribution is -0.747. The van der Waals surface area contributed by atoms with Gasteiger partial charge in [0.05, 0.1) is 18.0 Å². The van der Waals surface area contributed by atoms with E-state index in [-0.39, 0.29) is 29.7 Å². The Morgan fingerprint density at radius 1 is 1.21 bits per heavy atom. The number of nitrogens with zero attached hydrogens (tertiary/aromatic N) is 5. The molecular weight excluding hydrogens is 360 g/mol. The van der Waals surface area contributed by atoms with Crippen molar-refractivity contribution in [1.29, 1.82) is 0 Å². The van der Waals surface area contributed by atoms with Crippen molar-refractivity contribution in [3.05, 3.63) is 34.2 Å². The quantitative estimate of drug-likeness (QED) is 0.600. The fraction of sp³-hybridized carbons (Fsp3) is 0.333. The molecule has 10 nitrogen and oxygen atoms in total. The molecule has 0 atom stereocenters. The number of aromatic nitrogens is 2. The molecule has 1 aliphatic heterocycles. The molecule has 128 valence electrons. The third-order valence-corrected chi connectivity index (χ3v) is 5.81. The molecule has 0 radical (unpaired) electrons. The number of halogens is 1. The Bertz CT molecular complexity index is 845. The molecule has 0 spiro atoms. The molecule has 1 aromatic heterocycles. The van der Waals surface area contributed by atoms with E-state index >= 15 is 0 Å². The lowest BCUT2D eigenvalue weighted by Gasteiger charge is -2.31. The van der Waals surface area contributed by atoms with E-state index in [1.807, 2.05) is 0 Å². The second kappa shape index (κ2) is 6.34. The summed E-state index contributed by atoms with van der Waals surface area (Å²) in [7, 11) is -3.61. The number of hydrogen-bond donors (Lipinski definition) is 1. The van der Waals surface area contributed by atoms with Gasteiger partial charge in [0.25, 0.3) is 0 Å².